The SMILES string of the molecule is CC(=N)C1=C(N)C=CC(c2ccnn2C)=C=C1. The van der Waals surface area contributed by atoms with E-state index in [0.717, 1.165) is 11.3 Å². The number of hydrogen-bond donors (Lipinski definition) is 2. The third kappa shape index (κ3) is 2.12. The van der Waals surface area contributed by atoms with Gasteiger partial charge in [0.25, 0.3) is 0 Å². The minimum atomic E-state index is 0.436. The van der Waals surface area contributed by atoms with Crippen LogP contribution in [0.15, 0.2) is 47.5 Å². The van der Waals surface area contributed by atoms with Gasteiger partial charge < -0.3 is 11.1 Å². The molecule has 0 spiro atoms. The minimum absolute atomic E-state index is 0.436. The van der Waals surface area contributed by atoms with Crippen LogP contribution >= 0.6 is 0 Å². The van der Waals surface area contributed by atoms with Crippen LogP contribution in [0.25, 0.3) is 5.57 Å². The number of aryl methyl sites for hydroxylation is 1. The molecule has 1 aliphatic rings. The van der Waals surface area contributed by atoms with Crippen LogP contribution < -0.4 is 5.73 Å². The van der Waals surface area contributed by atoms with E-state index in [4.69, 9.17) is 11.1 Å². The lowest BCUT2D eigenvalue weighted by Gasteiger charge is -1.99. The molecule has 0 aromatic carbocycles. The van der Waals surface area contributed by atoms with Crippen molar-refractivity contribution in [1.29, 1.82) is 5.41 Å². The maximum atomic E-state index is 7.63. The quantitative estimate of drug-likeness (QED) is 0.596. The van der Waals surface area contributed by atoms with Crippen molar-refractivity contribution in [1.82, 2.24) is 9.78 Å². The molecule has 0 fully saturated rings. The maximum absolute atomic E-state index is 7.63. The van der Waals surface area contributed by atoms with Gasteiger partial charge >= 0.3 is 0 Å². The molecule has 17 heavy (non-hydrogen) atoms. The second-order valence-electron chi connectivity index (χ2n) is 3.87. The Morgan fingerprint density at radius 1 is 1.47 bits per heavy atom. The summed E-state index contributed by atoms with van der Waals surface area (Å²) in [5, 5.41) is 11.7. The third-order valence-corrected chi connectivity index (χ3v) is 2.61. The topological polar surface area (TPSA) is 67.7 Å². The van der Waals surface area contributed by atoms with Crippen LogP contribution in [0.5, 0.6) is 0 Å². The molecule has 2 rings (SSSR count). The summed E-state index contributed by atoms with van der Waals surface area (Å²) in [5.41, 5.74) is 12.6. The van der Waals surface area contributed by atoms with E-state index in [-0.39, 0.29) is 0 Å². The van der Waals surface area contributed by atoms with Gasteiger partial charge in [-0.3, -0.25) is 4.68 Å². The van der Waals surface area contributed by atoms with Crippen molar-refractivity contribution < 1.29 is 0 Å². The average Bonchev–Trinajstić information content (AvgIpc) is 2.58. The molecular weight excluding hydrogens is 212 g/mol. The lowest BCUT2D eigenvalue weighted by atomic mass is 10.1. The molecule has 0 radical (unpaired) electrons. The van der Waals surface area contributed by atoms with E-state index in [0.29, 0.717) is 17.0 Å². The van der Waals surface area contributed by atoms with Crippen molar-refractivity contribution in [2.45, 2.75) is 6.92 Å². The fourth-order valence-corrected chi connectivity index (χ4v) is 1.67. The number of aromatic nitrogens is 2. The van der Waals surface area contributed by atoms with Crippen molar-refractivity contribution >= 4 is 11.3 Å². The average molecular weight is 226 g/mol. The van der Waals surface area contributed by atoms with Crippen LogP contribution in [0.2, 0.25) is 0 Å². The van der Waals surface area contributed by atoms with Crippen molar-refractivity contribution in [3.05, 3.63) is 53.2 Å². The van der Waals surface area contributed by atoms with Crippen LogP contribution in [0.1, 0.15) is 12.6 Å². The predicted octanol–water partition coefficient (Wildman–Crippen LogP) is 1.78. The molecule has 0 unspecified atom stereocenters. The summed E-state index contributed by atoms with van der Waals surface area (Å²) >= 11 is 0. The first-order valence-electron chi connectivity index (χ1n) is 5.28. The highest BCUT2D eigenvalue weighted by Crippen LogP contribution is 2.18. The largest absolute Gasteiger partial charge is 0.398 e. The van der Waals surface area contributed by atoms with Gasteiger partial charge in [-0.25, -0.2) is 0 Å². The van der Waals surface area contributed by atoms with Gasteiger partial charge in [0.2, 0.25) is 0 Å². The van der Waals surface area contributed by atoms with Gasteiger partial charge in [-0.1, -0.05) is 0 Å². The van der Waals surface area contributed by atoms with Gasteiger partial charge in [0, 0.05) is 35.8 Å². The Balaban J connectivity index is 2.50. The molecule has 86 valence electrons. The summed E-state index contributed by atoms with van der Waals surface area (Å²) in [7, 11) is 1.88. The highest BCUT2D eigenvalue weighted by Gasteiger charge is 2.07. The first kappa shape index (κ1) is 11.2. The summed E-state index contributed by atoms with van der Waals surface area (Å²) in [6.07, 6.45) is 7.17. The Hall–Kier alpha value is -2.32. The Morgan fingerprint density at radius 2 is 2.24 bits per heavy atom. The van der Waals surface area contributed by atoms with Crippen molar-refractivity contribution in [3.8, 4) is 0 Å². The number of rotatable bonds is 2. The molecule has 1 aliphatic carbocycles. The fourth-order valence-electron chi connectivity index (χ4n) is 1.67. The van der Waals surface area contributed by atoms with Gasteiger partial charge in [-0.2, -0.15) is 5.10 Å². The van der Waals surface area contributed by atoms with Gasteiger partial charge in [0.05, 0.1) is 5.69 Å². The van der Waals surface area contributed by atoms with E-state index in [1.165, 1.54) is 0 Å². The van der Waals surface area contributed by atoms with Crippen molar-refractivity contribution in [2.24, 2.45) is 12.8 Å². The van der Waals surface area contributed by atoms with E-state index in [1.807, 2.05) is 19.2 Å². The molecule has 4 heteroatoms. The number of allylic oxidation sites excluding steroid dienone is 4. The van der Waals surface area contributed by atoms with Crippen LogP contribution in [0, 0.1) is 5.41 Å². The van der Waals surface area contributed by atoms with Gasteiger partial charge in [0.1, 0.15) is 0 Å². The molecule has 1 heterocycles. The van der Waals surface area contributed by atoms with Crippen LogP contribution in [-0.4, -0.2) is 15.5 Å². The molecular formula is C13H14N4. The fraction of sp³-hybridized carbons (Fsp3) is 0.154. The number of nitrogens with zero attached hydrogens (tertiary/aromatic N) is 2. The zero-order valence-corrected chi connectivity index (χ0v) is 9.86. The minimum Gasteiger partial charge on any atom is -0.398 e. The molecule has 0 saturated heterocycles. The van der Waals surface area contributed by atoms with E-state index in [2.05, 4.69) is 10.8 Å². The van der Waals surface area contributed by atoms with Crippen molar-refractivity contribution in [2.75, 3.05) is 0 Å². The molecule has 3 N–H and O–H groups in total. The maximum Gasteiger partial charge on any atom is 0.0756 e. The van der Waals surface area contributed by atoms with Crippen molar-refractivity contribution in [3.63, 3.8) is 0 Å². The first-order chi connectivity index (χ1) is 8.09. The number of nitrogens with two attached hydrogens (primary N) is 1. The Labute approximate surface area is 99.9 Å². The second-order valence-corrected chi connectivity index (χ2v) is 3.87. The predicted molar refractivity (Wildman–Crippen MR) is 68.5 cm³/mol. The summed E-state index contributed by atoms with van der Waals surface area (Å²) in [6.45, 7) is 1.71. The molecule has 1 aromatic heterocycles. The van der Waals surface area contributed by atoms with E-state index in [1.54, 1.807) is 30.0 Å². The standard InChI is InChI=1S/C13H14N4/c1-9(14)11-5-3-10(4-6-12(11)15)13-7-8-16-17(13)2/h4-8,14H,15H2,1-2H3. The summed E-state index contributed by atoms with van der Waals surface area (Å²) in [6, 6.07) is 1.92. The first-order valence-corrected chi connectivity index (χ1v) is 5.28. The Bertz CT molecular complexity index is 593. The summed E-state index contributed by atoms with van der Waals surface area (Å²) in [4.78, 5) is 0. The molecule has 0 atom stereocenters. The lowest BCUT2D eigenvalue weighted by molar-refractivity contribution is 0.757. The zero-order chi connectivity index (χ0) is 12.4. The summed E-state index contributed by atoms with van der Waals surface area (Å²) in [5.74, 6) is 0. The van der Waals surface area contributed by atoms with E-state index < -0.39 is 0 Å². The second kappa shape index (κ2) is 4.28. The lowest BCUT2D eigenvalue weighted by Crippen LogP contribution is -2.03. The molecule has 0 bridgehead atoms. The Kier molecular flexibility index (Phi) is 2.81. The molecule has 1 aromatic rings. The smallest absolute Gasteiger partial charge is 0.0756 e. The molecule has 4 nitrogen and oxygen atoms in total. The van der Waals surface area contributed by atoms with E-state index in [9.17, 15) is 0 Å². The molecule has 0 aliphatic heterocycles. The third-order valence-electron chi connectivity index (χ3n) is 2.61. The highest BCUT2D eigenvalue weighted by molar-refractivity contribution is 6.00. The Morgan fingerprint density at radius 3 is 2.82 bits per heavy atom. The van der Waals surface area contributed by atoms with Gasteiger partial charge in [0.15, 0.2) is 0 Å². The normalized spacial score (nSPS) is 14.8. The monoisotopic (exact) mass is 226 g/mol. The molecule has 0 saturated carbocycles. The molecule has 0 amide bonds. The summed E-state index contributed by atoms with van der Waals surface area (Å²) < 4.78 is 1.78. The van der Waals surface area contributed by atoms with Crippen LogP contribution in [-0.2, 0) is 7.05 Å². The van der Waals surface area contributed by atoms with Crippen LogP contribution in [0.4, 0.5) is 0 Å². The number of hydrogen-bond acceptors (Lipinski definition) is 3. The van der Waals surface area contributed by atoms with Gasteiger partial charge in [-0.05, 0) is 31.2 Å². The van der Waals surface area contributed by atoms with Crippen LogP contribution in [0.3, 0.4) is 0 Å². The highest BCUT2D eigenvalue weighted by atomic mass is 15.3. The number of nitrogens with one attached hydrogen (secondary N) is 1. The van der Waals surface area contributed by atoms with Gasteiger partial charge in [-0.15, -0.1) is 5.73 Å². The zero-order valence-electron chi connectivity index (χ0n) is 9.86. The van der Waals surface area contributed by atoms with E-state index >= 15 is 0 Å².